The van der Waals surface area contributed by atoms with Crippen LogP contribution in [0.5, 0.6) is 0 Å². The number of hydrogen-bond acceptors (Lipinski definition) is 4. The van der Waals surface area contributed by atoms with Gasteiger partial charge >= 0.3 is 0 Å². The van der Waals surface area contributed by atoms with Gasteiger partial charge in [0.05, 0.1) is 0 Å². The highest BCUT2D eigenvalue weighted by Crippen LogP contribution is 1.96. The first kappa shape index (κ1) is 13.8. The van der Waals surface area contributed by atoms with Crippen LogP contribution in [0.4, 0.5) is 0 Å². The second-order valence-electron chi connectivity index (χ2n) is 3.50. The quantitative estimate of drug-likeness (QED) is 0.780. The van der Waals surface area contributed by atoms with Crippen LogP contribution in [-0.4, -0.2) is 23.1 Å². The first-order valence-electron chi connectivity index (χ1n) is 5.88. The molecule has 92 valence electrons. The van der Waals surface area contributed by atoms with Crippen molar-refractivity contribution in [3.63, 3.8) is 0 Å². The summed E-state index contributed by atoms with van der Waals surface area (Å²) in [4.78, 5) is 7.44. The molecule has 0 unspecified atom stereocenters. The first-order chi connectivity index (χ1) is 8.50. The molecular weight excluding hydrogens is 230 g/mol. The molecule has 4 heteroatoms. The maximum Gasteiger partial charge on any atom is 0.0451 e. The second kappa shape index (κ2) is 11.2. The van der Waals surface area contributed by atoms with Crippen molar-refractivity contribution in [1.29, 1.82) is 0 Å². The van der Waals surface area contributed by atoms with E-state index in [0.717, 1.165) is 0 Å². The van der Waals surface area contributed by atoms with Crippen LogP contribution in [0, 0.1) is 0 Å². The van der Waals surface area contributed by atoms with Gasteiger partial charge in [-0.3, -0.25) is 9.97 Å². The van der Waals surface area contributed by atoms with Gasteiger partial charge in [-0.15, -0.1) is 0 Å². The highest BCUT2D eigenvalue weighted by molar-refractivity contribution is 7.07. The molecule has 0 radical (unpaired) electrons. The maximum absolute atomic E-state index is 3.72. The van der Waals surface area contributed by atoms with Crippen LogP contribution in [0.1, 0.15) is 19.3 Å². The van der Waals surface area contributed by atoms with Gasteiger partial charge in [0.15, 0.2) is 0 Å². The lowest BCUT2D eigenvalue weighted by molar-refractivity contribution is 0.520. The summed E-state index contributed by atoms with van der Waals surface area (Å²) in [5, 5.41) is 7.37. The van der Waals surface area contributed by atoms with Crippen LogP contribution in [0.25, 0.3) is 0 Å². The molecule has 1 saturated heterocycles. The number of nitrogens with zero attached hydrogens (tertiary/aromatic N) is 2. The molecule has 1 N–H and O–H groups in total. The first-order valence-corrected chi connectivity index (χ1v) is 6.82. The third-order valence-corrected chi connectivity index (χ3v) is 2.74. The lowest BCUT2D eigenvalue weighted by Crippen LogP contribution is -2.21. The Balaban J connectivity index is 0.000000128. The van der Waals surface area contributed by atoms with Crippen molar-refractivity contribution in [3.05, 3.63) is 47.7 Å². The minimum atomic E-state index is 1.25. The predicted octanol–water partition coefficient (Wildman–Crippen LogP) is 2.98. The molecule has 2 aromatic heterocycles. The lowest BCUT2D eigenvalue weighted by Gasteiger charge is -2.08. The zero-order valence-corrected chi connectivity index (χ0v) is 10.8. The summed E-state index contributed by atoms with van der Waals surface area (Å²) in [7, 11) is 0. The fourth-order valence-electron chi connectivity index (χ4n) is 1.28. The topological polar surface area (TPSA) is 37.8 Å². The van der Waals surface area contributed by atoms with E-state index in [2.05, 4.69) is 15.3 Å². The number of hydrogen-bond donors (Lipinski definition) is 1. The predicted molar refractivity (Wildman–Crippen MR) is 73.1 cm³/mol. The number of nitrogens with one attached hydrogen (secondary N) is 1. The average Bonchev–Trinajstić information content (AvgIpc) is 3.03. The summed E-state index contributed by atoms with van der Waals surface area (Å²) in [6.45, 7) is 2.50. The highest BCUT2D eigenvalue weighted by Gasteiger charge is 1.93. The lowest BCUT2D eigenvalue weighted by atomic mass is 10.2. The molecule has 0 aliphatic carbocycles. The van der Waals surface area contributed by atoms with Crippen molar-refractivity contribution < 1.29 is 0 Å². The number of piperidine rings is 1. The van der Waals surface area contributed by atoms with E-state index in [1.807, 2.05) is 22.9 Å². The fourth-order valence-corrected chi connectivity index (χ4v) is 1.74. The molecule has 1 fully saturated rings. The smallest absolute Gasteiger partial charge is 0.0451 e. The molecular formula is C13H19N3S. The highest BCUT2D eigenvalue weighted by atomic mass is 32.1. The third kappa shape index (κ3) is 9.66. The molecule has 0 saturated carbocycles. The largest absolute Gasteiger partial charge is 0.317 e. The van der Waals surface area contributed by atoms with Crippen LogP contribution in [0.15, 0.2) is 47.7 Å². The summed E-state index contributed by atoms with van der Waals surface area (Å²) in [6.07, 6.45) is 10.8. The number of rotatable bonds is 0. The zero-order valence-electron chi connectivity index (χ0n) is 9.96. The van der Waals surface area contributed by atoms with Crippen molar-refractivity contribution >= 4 is 11.3 Å². The Kier molecular flexibility index (Phi) is 9.12. The second-order valence-corrected chi connectivity index (χ2v) is 4.31. The standard InChI is InChI=1S/C5H11N.C4H4N2.C4H4S/c1-2-4-6-5-3-1;1-2-6-4-3-5-1;1-2-4-5-3-1/h6H,1-5H2;1-4H;1-4H. The van der Waals surface area contributed by atoms with Crippen molar-refractivity contribution in [2.45, 2.75) is 19.3 Å². The molecule has 1 aliphatic rings. The van der Waals surface area contributed by atoms with E-state index < -0.39 is 0 Å². The average molecular weight is 249 g/mol. The molecule has 0 atom stereocenters. The summed E-state index contributed by atoms with van der Waals surface area (Å²) in [5.74, 6) is 0. The van der Waals surface area contributed by atoms with Gasteiger partial charge in [0.1, 0.15) is 0 Å². The zero-order chi connectivity index (χ0) is 12.0. The molecule has 3 rings (SSSR count). The van der Waals surface area contributed by atoms with E-state index in [9.17, 15) is 0 Å². The van der Waals surface area contributed by atoms with E-state index in [-0.39, 0.29) is 0 Å². The molecule has 0 aromatic carbocycles. The van der Waals surface area contributed by atoms with Crippen LogP contribution in [-0.2, 0) is 0 Å². The van der Waals surface area contributed by atoms with E-state index in [1.165, 1.54) is 32.4 Å². The van der Waals surface area contributed by atoms with E-state index >= 15 is 0 Å². The number of aromatic nitrogens is 2. The Hall–Kier alpha value is -1.26. The fraction of sp³-hybridized carbons (Fsp3) is 0.385. The van der Waals surface area contributed by atoms with Crippen LogP contribution >= 0.6 is 11.3 Å². The minimum Gasteiger partial charge on any atom is -0.317 e. The van der Waals surface area contributed by atoms with E-state index in [1.54, 1.807) is 36.1 Å². The molecule has 0 amide bonds. The Morgan fingerprint density at radius 2 is 1.29 bits per heavy atom. The van der Waals surface area contributed by atoms with Crippen molar-refractivity contribution in [2.24, 2.45) is 0 Å². The molecule has 0 bridgehead atoms. The Morgan fingerprint density at radius 1 is 0.765 bits per heavy atom. The van der Waals surface area contributed by atoms with Gasteiger partial charge < -0.3 is 5.32 Å². The van der Waals surface area contributed by atoms with Gasteiger partial charge in [0, 0.05) is 24.8 Å². The van der Waals surface area contributed by atoms with Crippen molar-refractivity contribution in [2.75, 3.05) is 13.1 Å². The third-order valence-electron chi connectivity index (χ3n) is 2.11. The molecule has 17 heavy (non-hydrogen) atoms. The SMILES string of the molecule is C1CCNCC1.c1ccsc1.c1cnccn1. The molecule has 0 spiro atoms. The van der Waals surface area contributed by atoms with Gasteiger partial charge in [-0.25, -0.2) is 0 Å². The Bertz CT molecular complexity index is 264. The molecule has 2 aromatic rings. The minimum absolute atomic E-state index is 1.25. The van der Waals surface area contributed by atoms with Gasteiger partial charge in [0.2, 0.25) is 0 Å². The maximum atomic E-state index is 3.72. The van der Waals surface area contributed by atoms with Gasteiger partial charge in [0.25, 0.3) is 0 Å². The van der Waals surface area contributed by atoms with E-state index in [4.69, 9.17) is 0 Å². The summed E-state index contributed by atoms with van der Waals surface area (Å²) >= 11 is 1.71. The molecule has 1 aliphatic heterocycles. The van der Waals surface area contributed by atoms with E-state index in [0.29, 0.717) is 0 Å². The van der Waals surface area contributed by atoms with Crippen LogP contribution in [0.3, 0.4) is 0 Å². The van der Waals surface area contributed by atoms with Crippen LogP contribution < -0.4 is 5.32 Å². The van der Waals surface area contributed by atoms with Crippen molar-refractivity contribution in [1.82, 2.24) is 15.3 Å². The monoisotopic (exact) mass is 249 g/mol. The van der Waals surface area contributed by atoms with Gasteiger partial charge in [-0.2, -0.15) is 11.3 Å². The van der Waals surface area contributed by atoms with Crippen molar-refractivity contribution in [3.8, 4) is 0 Å². The number of thiophene rings is 1. The summed E-state index contributed by atoms with van der Waals surface area (Å²) < 4.78 is 0. The summed E-state index contributed by atoms with van der Waals surface area (Å²) in [5.41, 5.74) is 0. The summed E-state index contributed by atoms with van der Waals surface area (Å²) in [6, 6.07) is 4.04. The Morgan fingerprint density at radius 3 is 1.47 bits per heavy atom. The van der Waals surface area contributed by atoms with Crippen LogP contribution in [0.2, 0.25) is 0 Å². The van der Waals surface area contributed by atoms with Gasteiger partial charge in [-0.05, 0) is 36.7 Å². The molecule has 3 nitrogen and oxygen atoms in total. The Labute approximate surface area is 107 Å². The molecule has 3 heterocycles. The normalized spacial score (nSPS) is 13.6. The van der Waals surface area contributed by atoms with Gasteiger partial charge in [-0.1, -0.05) is 18.6 Å².